The van der Waals surface area contributed by atoms with E-state index in [1.54, 1.807) is 6.07 Å². The fraction of sp³-hybridized carbons (Fsp3) is 0.417. The van der Waals surface area contributed by atoms with Crippen LogP contribution in [0.15, 0.2) is 18.2 Å². The lowest BCUT2D eigenvalue weighted by atomic mass is 9.66. The van der Waals surface area contributed by atoms with Gasteiger partial charge >= 0.3 is 0 Å². The van der Waals surface area contributed by atoms with Crippen molar-refractivity contribution in [3.8, 4) is 6.07 Å². The third-order valence-electron chi connectivity index (χ3n) is 3.08. The Morgan fingerprint density at radius 2 is 2.20 bits per heavy atom. The van der Waals surface area contributed by atoms with E-state index in [-0.39, 0.29) is 11.2 Å². The minimum atomic E-state index is -0.294. The second kappa shape index (κ2) is 3.83. The molecule has 78 valence electrons. The van der Waals surface area contributed by atoms with Crippen molar-refractivity contribution in [2.75, 3.05) is 0 Å². The lowest BCUT2D eigenvalue weighted by Crippen LogP contribution is -2.30. The molecule has 2 rings (SSSR count). The molecule has 0 N–H and O–H groups in total. The van der Waals surface area contributed by atoms with Crippen LogP contribution in [-0.4, -0.2) is 0 Å². The Hall–Kier alpha value is -1.07. The highest BCUT2D eigenvalue weighted by atomic mass is 35.5. The van der Waals surface area contributed by atoms with Crippen LogP contribution in [-0.2, 0) is 6.42 Å². The van der Waals surface area contributed by atoms with Crippen LogP contribution >= 0.6 is 11.6 Å². The molecule has 1 saturated carbocycles. The van der Waals surface area contributed by atoms with Gasteiger partial charge < -0.3 is 0 Å². The van der Waals surface area contributed by atoms with Crippen LogP contribution in [0.4, 0.5) is 4.39 Å². The Bertz CT molecular complexity index is 418. The van der Waals surface area contributed by atoms with E-state index in [1.807, 2.05) is 0 Å². The van der Waals surface area contributed by atoms with Gasteiger partial charge in [-0.15, -0.1) is 0 Å². The Balaban J connectivity index is 2.24. The van der Waals surface area contributed by atoms with Gasteiger partial charge in [0.2, 0.25) is 0 Å². The second-order valence-electron chi connectivity index (χ2n) is 4.16. The molecular weight excluding hydrogens is 213 g/mol. The summed E-state index contributed by atoms with van der Waals surface area (Å²) in [7, 11) is 0. The summed E-state index contributed by atoms with van der Waals surface area (Å²) in [6, 6.07) is 6.65. The van der Waals surface area contributed by atoms with E-state index in [2.05, 4.69) is 6.07 Å². The zero-order valence-electron chi connectivity index (χ0n) is 8.26. The fourth-order valence-corrected chi connectivity index (χ4v) is 2.16. The molecule has 1 aliphatic carbocycles. The van der Waals surface area contributed by atoms with Crippen molar-refractivity contribution in [3.63, 3.8) is 0 Å². The van der Waals surface area contributed by atoms with Gasteiger partial charge in [-0.2, -0.15) is 5.26 Å². The van der Waals surface area contributed by atoms with Crippen molar-refractivity contribution >= 4 is 11.6 Å². The predicted molar refractivity (Wildman–Crippen MR) is 57.0 cm³/mol. The number of hydrogen-bond acceptors (Lipinski definition) is 1. The van der Waals surface area contributed by atoms with Gasteiger partial charge in [0, 0.05) is 5.02 Å². The molecule has 0 aromatic heterocycles. The summed E-state index contributed by atoms with van der Waals surface area (Å²) in [5.74, 6) is -0.290. The molecular formula is C12H11ClFN. The van der Waals surface area contributed by atoms with Gasteiger partial charge in [-0.25, -0.2) is 4.39 Å². The molecule has 1 aliphatic rings. The highest BCUT2D eigenvalue weighted by molar-refractivity contribution is 6.31. The number of halogens is 2. The first-order chi connectivity index (χ1) is 7.15. The van der Waals surface area contributed by atoms with Crippen LogP contribution < -0.4 is 0 Å². The van der Waals surface area contributed by atoms with E-state index >= 15 is 0 Å². The van der Waals surface area contributed by atoms with Gasteiger partial charge in [0.25, 0.3) is 0 Å². The van der Waals surface area contributed by atoms with E-state index in [1.165, 1.54) is 12.1 Å². The molecule has 1 aromatic carbocycles. The Kier molecular flexibility index (Phi) is 2.67. The maximum absolute atomic E-state index is 13.0. The maximum Gasteiger partial charge on any atom is 0.123 e. The SMILES string of the molecule is N#CC1(Cc2cc(F)ccc2Cl)CCC1. The van der Waals surface area contributed by atoms with Crippen LogP contribution in [0.2, 0.25) is 5.02 Å². The third kappa shape index (κ3) is 1.98. The van der Waals surface area contributed by atoms with Crippen molar-refractivity contribution in [2.45, 2.75) is 25.7 Å². The minimum Gasteiger partial charge on any atom is -0.207 e. The molecule has 1 nitrogen and oxygen atoms in total. The summed E-state index contributed by atoms with van der Waals surface area (Å²) in [5, 5.41) is 9.62. The first kappa shape index (κ1) is 10.4. The van der Waals surface area contributed by atoms with Crippen LogP contribution in [0.5, 0.6) is 0 Å². The lowest BCUT2D eigenvalue weighted by molar-refractivity contribution is 0.214. The molecule has 0 aliphatic heterocycles. The molecule has 0 bridgehead atoms. The molecule has 3 heteroatoms. The number of nitriles is 1. The quantitative estimate of drug-likeness (QED) is 0.750. The number of nitrogens with zero attached hydrogens (tertiary/aromatic N) is 1. The van der Waals surface area contributed by atoms with E-state index in [4.69, 9.17) is 16.9 Å². The van der Waals surface area contributed by atoms with Crippen molar-refractivity contribution in [1.82, 2.24) is 0 Å². The van der Waals surface area contributed by atoms with Gasteiger partial charge in [-0.05, 0) is 43.0 Å². The molecule has 0 atom stereocenters. The zero-order valence-corrected chi connectivity index (χ0v) is 9.02. The summed E-state index contributed by atoms with van der Waals surface area (Å²) in [4.78, 5) is 0. The Morgan fingerprint density at radius 3 is 2.73 bits per heavy atom. The highest BCUT2D eigenvalue weighted by Crippen LogP contribution is 2.43. The standard InChI is InChI=1S/C12H11ClFN/c13-11-3-2-10(14)6-9(11)7-12(8-15)4-1-5-12/h2-3,6H,1,4-5,7H2. The predicted octanol–water partition coefficient (Wildman–Crippen LogP) is 3.72. The fourth-order valence-electron chi connectivity index (χ4n) is 1.98. The molecule has 0 radical (unpaired) electrons. The van der Waals surface area contributed by atoms with E-state index in [9.17, 15) is 4.39 Å². The molecule has 0 heterocycles. The first-order valence-corrected chi connectivity index (χ1v) is 5.38. The van der Waals surface area contributed by atoms with E-state index in [0.717, 1.165) is 24.8 Å². The summed E-state index contributed by atoms with van der Waals surface area (Å²) in [6.45, 7) is 0. The monoisotopic (exact) mass is 223 g/mol. The molecule has 15 heavy (non-hydrogen) atoms. The Morgan fingerprint density at radius 1 is 1.47 bits per heavy atom. The largest absolute Gasteiger partial charge is 0.207 e. The minimum absolute atomic E-state index is 0.290. The molecule has 1 fully saturated rings. The van der Waals surface area contributed by atoms with Crippen LogP contribution in [0, 0.1) is 22.6 Å². The summed E-state index contributed by atoms with van der Waals surface area (Å²) in [6.07, 6.45) is 3.45. The van der Waals surface area contributed by atoms with Crippen molar-refractivity contribution < 1.29 is 4.39 Å². The average molecular weight is 224 g/mol. The van der Waals surface area contributed by atoms with E-state index in [0.29, 0.717) is 11.4 Å². The van der Waals surface area contributed by atoms with Gasteiger partial charge in [-0.3, -0.25) is 0 Å². The molecule has 0 amide bonds. The number of rotatable bonds is 2. The van der Waals surface area contributed by atoms with Crippen molar-refractivity contribution in [3.05, 3.63) is 34.6 Å². The lowest BCUT2D eigenvalue weighted by Gasteiger charge is -2.35. The van der Waals surface area contributed by atoms with Gasteiger partial charge in [-0.1, -0.05) is 18.0 Å². The maximum atomic E-state index is 13.0. The second-order valence-corrected chi connectivity index (χ2v) is 4.57. The summed E-state index contributed by atoms with van der Waals surface area (Å²) < 4.78 is 13.0. The molecule has 0 saturated heterocycles. The Labute approximate surface area is 93.5 Å². The van der Waals surface area contributed by atoms with Crippen LogP contribution in [0.1, 0.15) is 24.8 Å². The first-order valence-electron chi connectivity index (χ1n) is 5.00. The third-order valence-corrected chi connectivity index (χ3v) is 3.45. The van der Waals surface area contributed by atoms with E-state index < -0.39 is 0 Å². The average Bonchev–Trinajstić information content (AvgIpc) is 2.17. The topological polar surface area (TPSA) is 23.8 Å². The van der Waals surface area contributed by atoms with Crippen molar-refractivity contribution in [1.29, 1.82) is 5.26 Å². The van der Waals surface area contributed by atoms with Crippen molar-refractivity contribution in [2.24, 2.45) is 5.41 Å². The van der Waals surface area contributed by atoms with Crippen LogP contribution in [0.25, 0.3) is 0 Å². The van der Waals surface area contributed by atoms with Crippen LogP contribution in [0.3, 0.4) is 0 Å². The summed E-state index contributed by atoms with van der Waals surface area (Å²) in [5.41, 5.74) is 0.454. The number of hydrogen-bond donors (Lipinski definition) is 0. The smallest absolute Gasteiger partial charge is 0.123 e. The zero-order chi connectivity index (χ0) is 10.9. The molecule has 0 unspecified atom stereocenters. The normalized spacial score (nSPS) is 17.9. The van der Waals surface area contributed by atoms with Gasteiger partial charge in [0.05, 0.1) is 11.5 Å². The molecule has 1 aromatic rings. The highest BCUT2D eigenvalue weighted by Gasteiger charge is 2.37. The summed E-state index contributed by atoms with van der Waals surface area (Å²) >= 11 is 5.96. The van der Waals surface area contributed by atoms with Gasteiger partial charge in [0.1, 0.15) is 5.82 Å². The number of benzene rings is 1. The molecule has 0 spiro atoms. The van der Waals surface area contributed by atoms with Gasteiger partial charge in [0.15, 0.2) is 0 Å².